The van der Waals surface area contributed by atoms with E-state index in [2.05, 4.69) is 34.8 Å². The Kier molecular flexibility index (Phi) is 5.89. The molecule has 0 heterocycles. The molecule has 0 aromatic rings. The van der Waals surface area contributed by atoms with Gasteiger partial charge >= 0.3 is 9.97 Å². The van der Waals surface area contributed by atoms with Gasteiger partial charge < -0.3 is 0 Å². The summed E-state index contributed by atoms with van der Waals surface area (Å²) in [6.07, 6.45) is 0. The van der Waals surface area contributed by atoms with Crippen molar-refractivity contribution in [1.82, 2.24) is 0 Å². The highest BCUT2D eigenvalue weighted by molar-refractivity contribution is 6.51. The average molecular weight is 221 g/mol. The summed E-state index contributed by atoms with van der Waals surface area (Å²) in [7, 11) is 0.500. The second-order valence-electron chi connectivity index (χ2n) is 0.996. The molecule has 0 unspecified atom stereocenters. The molecule has 64 valence electrons. The van der Waals surface area contributed by atoms with E-state index in [1.807, 2.05) is 0 Å². The van der Waals surface area contributed by atoms with Gasteiger partial charge in [0, 0.05) is 0 Å². The minimum absolute atomic E-state index is 0.500. The highest BCUT2D eigenvalue weighted by Crippen LogP contribution is 2.42. The van der Waals surface area contributed by atoms with Crippen molar-refractivity contribution in [3.05, 3.63) is 0 Å². The molecule has 0 atom stereocenters. The molecule has 0 aliphatic heterocycles. The number of halogens is 7. The third kappa shape index (κ3) is 5.38. The van der Waals surface area contributed by atoms with Crippen LogP contribution in [-0.2, 0) is 0 Å². The summed E-state index contributed by atoms with van der Waals surface area (Å²) in [5.41, 5.74) is 0. The van der Waals surface area contributed by atoms with Gasteiger partial charge in [0.2, 0.25) is 0 Å². The van der Waals surface area contributed by atoms with E-state index in [4.69, 9.17) is 0 Å². The molecule has 0 fully saturated rings. The Bertz CT molecular complexity index is 70.7. The lowest BCUT2D eigenvalue weighted by Crippen LogP contribution is -2.27. The molecule has 0 amide bonds. The maximum Gasteiger partial charge on any atom is 0.383 e. The van der Waals surface area contributed by atoms with Crippen LogP contribution >= 0.6 is 34.8 Å². The van der Waals surface area contributed by atoms with Crippen LogP contribution in [0.25, 0.3) is 0 Å². The van der Waals surface area contributed by atoms with Gasteiger partial charge in [-0.25, -0.2) is 0 Å². The van der Waals surface area contributed by atoms with E-state index in [-0.39, 0.29) is 0 Å². The monoisotopic (exact) mass is 220 g/mol. The fourth-order valence-corrected chi connectivity index (χ4v) is 0. The van der Waals surface area contributed by atoms with Crippen molar-refractivity contribution in [3.8, 4) is 0 Å². The van der Waals surface area contributed by atoms with Gasteiger partial charge in [-0.05, 0) is 11.6 Å². The van der Waals surface area contributed by atoms with Crippen LogP contribution in [0.3, 0.4) is 0 Å². The SMILES string of the molecule is CF.FC(F)(Cl)C(F)(Cl)Cl. The topological polar surface area (TPSA) is 0 Å². The van der Waals surface area contributed by atoms with Gasteiger partial charge in [0.05, 0.1) is 7.18 Å². The minimum atomic E-state index is -4.23. The Hall–Kier alpha value is 0.590. The van der Waals surface area contributed by atoms with Crippen molar-refractivity contribution in [2.45, 2.75) is 9.97 Å². The molecular weight excluding hydrogens is 218 g/mol. The highest BCUT2D eigenvalue weighted by Gasteiger charge is 2.51. The summed E-state index contributed by atoms with van der Waals surface area (Å²) >= 11 is 12.5. The lowest BCUT2D eigenvalue weighted by molar-refractivity contribution is 0.0241. The average Bonchev–Trinajstić information content (AvgIpc) is 1.66. The van der Waals surface area contributed by atoms with Crippen LogP contribution in [0, 0.1) is 0 Å². The first-order valence-corrected chi connectivity index (χ1v) is 2.90. The van der Waals surface area contributed by atoms with E-state index in [0.29, 0.717) is 7.18 Å². The molecule has 0 spiro atoms. The molecule has 0 aromatic heterocycles. The molecule has 0 saturated carbocycles. The normalized spacial score (nSPS) is 12.0. The molecule has 0 radical (unpaired) electrons. The molecule has 0 aliphatic carbocycles. The maximum atomic E-state index is 11.5. The van der Waals surface area contributed by atoms with Crippen LogP contribution in [-0.4, -0.2) is 17.1 Å². The zero-order chi connectivity index (χ0) is 9.00. The molecule has 0 N–H and O–H groups in total. The molecule has 0 bridgehead atoms. The van der Waals surface area contributed by atoms with E-state index < -0.39 is 9.97 Å². The van der Waals surface area contributed by atoms with E-state index in [9.17, 15) is 17.6 Å². The van der Waals surface area contributed by atoms with Gasteiger partial charge in [0.15, 0.2) is 0 Å². The largest absolute Gasteiger partial charge is 0.383 e. The van der Waals surface area contributed by atoms with Crippen molar-refractivity contribution in [1.29, 1.82) is 0 Å². The Balaban J connectivity index is 0. The smallest absolute Gasteiger partial charge is 0.255 e. The first-order valence-electron chi connectivity index (χ1n) is 1.76. The van der Waals surface area contributed by atoms with Crippen molar-refractivity contribution in [2.75, 3.05) is 7.18 Å². The summed E-state index contributed by atoms with van der Waals surface area (Å²) in [6, 6.07) is 0. The fourth-order valence-electron chi connectivity index (χ4n) is 0. The van der Waals surface area contributed by atoms with Crippen LogP contribution in [0.5, 0.6) is 0 Å². The molecule has 0 aliphatic rings. The maximum absolute atomic E-state index is 11.5. The van der Waals surface area contributed by atoms with Crippen LogP contribution < -0.4 is 0 Å². The predicted molar refractivity (Wildman–Crippen MR) is 33.4 cm³/mol. The van der Waals surface area contributed by atoms with Gasteiger partial charge in [-0.3, -0.25) is 4.39 Å². The number of hydrogen-bond acceptors (Lipinski definition) is 0. The van der Waals surface area contributed by atoms with E-state index in [0.717, 1.165) is 0 Å². The van der Waals surface area contributed by atoms with E-state index in [1.54, 1.807) is 0 Å². The molecule has 0 aromatic carbocycles. The Morgan fingerprint density at radius 1 is 0.900 bits per heavy atom. The second-order valence-corrected chi connectivity index (χ2v) is 2.71. The summed E-state index contributed by atoms with van der Waals surface area (Å²) in [6.45, 7) is 0. The highest BCUT2D eigenvalue weighted by atomic mass is 35.5. The van der Waals surface area contributed by atoms with E-state index >= 15 is 0 Å². The molecular formula is C3H3Cl3F4. The van der Waals surface area contributed by atoms with Gasteiger partial charge in [-0.1, -0.05) is 23.2 Å². The van der Waals surface area contributed by atoms with Gasteiger partial charge in [0.1, 0.15) is 0 Å². The third-order valence-corrected chi connectivity index (χ3v) is 1.25. The van der Waals surface area contributed by atoms with Crippen molar-refractivity contribution in [3.63, 3.8) is 0 Å². The van der Waals surface area contributed by atoms with Crippen molar-refractivity contribution in [2.24, 2.45) is 0 Å². The lowest BCUT2D eigenvalue weighted by atomic mass is 10.8. The third-order valence-electron chi connectivity index (χ3n) is 0.321. The van der Waals surface area contributed by atoms with E-state index in [1.165, 1.54) is 0 Å². The minimum Gasteiger partial charge on any atom is -0.255 e. The summed E-state index contributed by atoms with van der Waals surface area (Å²) in [5.74, 6) is 0. The van der Waals surface area contributed by atoms with Gasteiger partial charge in [-0.2, -0.15) is 13.2 Å². The quantitative estimate of drug-likeness (QED) is 0.469. The Morgan fingerprint density at radius 3 is 1.00 bits per heavy atom. The first-order chi connectivity index (χ1) is 4.25. The van der Waals surface area contributed by atoms with Gasteiger partial charge in [0.25, 0.3) is 0 Å². The van der Waals surface area contributed by atoms with Crippen LogP contribution in [0.1, 0.15) is 0 Å². The Labute approximate surface area is 70.0 Å². The standard InChI is InChI=1S/C2Cl3F3.CH3F/c3-1(4,6)2(5,7)8;1-2/h;1H3. The number of alkyl halides is 7. The second kappa shape index (κ2) is 4.46. The zero-order valence-corrected chi connectivity index (χ0v) is 6.91. The van der Waals surface area contributed by atoms with Crippen LogP contribution in [0.2, 0.25) is 0 Å². The first kappa shape index (κ1) is 13.2. The fraction of sp³-hybridized carbons (Fsp3) is 1.00. The number of rotatable bonds is 1. The Morgan fingerprint density at radius 2 is 1.00 bits per heavy atom. The van der Waals surface area contributed by atoms with Crippen LogP contribution in [0.4, 0.5) is 17.6 Å². The molecule has 0 saturated heterocycles. The predicted octanol–water partition coefficient (Wildman–Crippen LogP) is 3.50. The number of hydrogen-bond donors (Lipinski definition) is 0. The molecule has 0 nitrogen and oxygen atoms in total. The summed E-state index contributed by atoms with van der Waals surface area (Å²) < 4.78 is 40.1. The molecule has 0 rings (SSSR count). The van der Waals surface area contributed by atoms with Crippen LogP contribution in [0.15, 0.2) is 0 Å². The van der Waals surface area contributed by atoms with Crippen molar-refractivity contribution >= 4 is 34.8 Å². The zero-order valence-electron chi connectivity index (χ0n) is 4.65. The summed E-state index contributed by atoms with van der Waals surface area (Å²) in [5, 5.41) is -4.23. The van der Waals surface area contributed by atoms with Gasteiger partial charge in [-0.15, -0.1) is 0 Å². The molecule has 7 heteroatoms. The van der Waals surface area contributed by atoms with Crippen molar-refractivity contribution < 1.29 is 17.6 Å². The lowest BCUT2D eigenvalue weighted by Gasteiger charge is -2.13. The molecule has 10 heavy (non-hydrogen) atoms. The summed E-state index contributed by atoms with van der Waals surface area (Å²) in [4.78, 5) is 0.